The number of nitrogens with one attached hydrogen (secondary N) is 1. The molecule has 0 radical (unpaired) electrons. The van der Waals surface area contributed by atoms with E-state index in [0.717, 1.165) is 39.6 Å². The summed E-state index contributed by atoms with van der Waals surface area (Å²) in [5, 5.41) is 5.31. The summed E-state index contributed by atoms with van der Waals surface area (Å²) in [6.45, 7) is 3.92. The van der Waals surface area contributed by atoms with Crippen molar-refractivity contribution in [3.8, 4) is 0 Å². The molecule has 9 heteroatoms. The van der Waals surface area contributed by atoms with Gasteiger partial charge < -0.3 is 9.88 Å². The van der Waals surface area contributed by atoms with E-state index in [2.05, 4.69) is 30.6 Å². The highest BCUT2D eigenvalue weighted by Gasteiger charge is 2.16. The van der Waals surface area contributed by atoms with Gasteiger partial charge in [-0.3, -0.25) is 0 Å². The minimum Gasteiger partial charge on any atom is -0.344 e. The van der Waals surface area contributed by atoms with Gasteiger partial charge in [-0.2, -0.15) is 0 Å². The Morgan fingerprint density at radius 3 is 2.70 bits per heavy atom. The molecule has 0 aliphatic heterocycles. The number of aryl methyl sites for hydroxylation is 2. The Bertz CT molecular complexity index is 1090. The lowest BCUT2D eigenvalue weighted by Gasteiger charge is -2.13. The number of imidazole rings is 1. The monoisotopic (exact) mass is 383 g/mol. The smallest absolute Gasteiger partial charge is 0.224 e. The summed E-state index contributed by atoms with van der Waals surface area (Å²) in [5.41, 5.74) is 3.90. The van der Waals surface area contributed by atoms with Crippen LogP contribution in [-0.4, -0.2) is 29.5 Å². The second kappa shape index (κ2) is 6.99. The normalized spacial score (nSPS) is 12.4. The molecule has 0 amide bonds. The summed E-state index contributed by atoms with van der Waals surface area (Å²) in [6, 6.07) is -0.260. The lowest BCUT2D eigenvalue weighted by molar-refractivity contribution is 0.604. The number of thiophene rings is 1. The number of aromatic nitrogens is 6. The number of halogens is 1. The minimum atomic E-state index is -0.463. The topological polar surface area (TPSA) is 81.4 Å². The van der Waals surface area contributed by atoms with Crippen LogP contribution in [0.2, 0.25) is 0 Å². The maximum absolute atomic E-state index is 13.0. The number of hydrogen-bond donors (Lipinski definition) is 1. The highest BCUT2D eigenvalue weighted by molar-refractivity contribution is 7.17. The second-order valence-electron chi connectivity index (χ2n) is 6.42. The van der Waals surface area contributed by atoms with Gasteiger partial charge in [-0.1, -0.05) is 0 Å². The first-order valence-corrected chi connectivity index (χ1v) is 9.33. The molecule has 4 rings (SSSR count). The molecule has 0 saturated carbocycles. The van der Waals surface area contributed by atoms with Crippen LogP contribution in [0, 0.1) is 12.7 Å². The van der Waals surface area contributed by atoms with Gasteiger partial charge >= 0.3 is 0 Å². The standard InChI is InChI=1S/C18H18FN7S/c1-10-8-27-16-14(4-13-7-26(3)9-22-13)24-18(25-15(10)16)23-11(2)17-20-5-12(19)6-21-17/h5-9,11H,4H2,1-3H3,(H,23,24,25)/t11-/m0/s1. The molecular weight excluding hydrogens is 365 g/mol. The van der Waals surface area contributed by atoms with E-state index in [0.29, 0.717) is 18.2 Å². The summed E-state index contributed by atoms with van der Waals surface area (Å²) < 4.78 is 16.0. The molecule has 7 nitrogen and oxygen atoms in total. The van der Waals surface area contributed by atoms with Gasteiger partial charge in [0.15, 0.2) is 5.82 Å². The molecule has 1 N–H and O–H groups in total. The van der Waals surface area contributed by atoms with Crippen LogP contribution in [0.5, 0.6) is 0 Å². The molecule has 4 heterocycles. The molecule has 27 heavy (non-hydrogen) atoms. The van der Waals surface area contributed by atoms with Crippen LogP contribution in [0.1, 0.15) is 35.7 Å². The van der Waals surface area contributed by atoms with Crippen molar-refractivity contribution in [3.05, 3.63) is 58.9 Å². The van der Waals surface area contributed by atoms with Crippen LogP contribution in [0.15, 0.2) is 30.3 Å². The number of nitrogens with zero attached hydrogens (tertiary/aromatic N) is 6. The molecule has 4 aromatic rings. The zero-order valence-electron chi connectivity index (χ0n) is 15.1. The van der Waals surface area contributed by atoms with Crippen molar-refractivity contribution in [3.63, 3.8) is 0 Å². The van der Waals surface area contributed by atoms with E-state index in [4.69, 9.17) is 4.98 Å². The predicted molar refractivity (Wildman–Crippen MR) is 102 cm³/mol. The van der Waals surface area contributed by atoms with Crippen molar-refractivity contribution >= 4 is 27.5 Å². The third kappa shape index (κ3) is 3.63. The summed E-state index contributed by atoms with van der Waals surface area (Å²) in [5.74, 6) is 0.513. The first-order valence-electron chi connectivity index (χ1n) is 8.45. The van der Waals surface area contributed by atoms with Crippen LogP contribution in [0.3, 0.4) is 0 Å². The molecule has 138 valence electrons. The summed E-state index contributed by atoms with van der Waals surface area (Å²) in [4.78, 5) is 21.8. The molecule has 0 aliphatic rings. The molecule has 0 aliphatic carbocycles. The molecular formula is C18H18FN7S. The van der Waals surface area contributed by atoms with E-state index in [1.165, 1.54) is 0 Å². The number of fused-ring (bicyclic) bond motifs is 1. The summed E-state index contributed by atoms with van der Waals surface area (Å²) in [6.07, 6.45) is 6.69. The van der Waals surface area contributed by atoms with Gasteiger partial charge in [-0.05, 0) is 24.8 Å². The molecule has 0 fully saturated rings. The van der Waals surface area contributed by atoms with Crippen molar-refractivity contribution in [1.82, 2.24) is 29.5 Å². The van der Waals surface area contributed by atoms with Gasteiger partial charge in [0.05, 0.1) is 46.4 Å². The SMILES string of the molecule is Cc1csc2c(Cc3cn(C)cn3)nc(N[C@@H](C)c3ncc(F)cn3)nc12. The Morgan fingerprint density at radius 1 is 1.22 bits per heavy atom. The van der Waals surface area contributed by atoms with Crippen molar-refractivity contribution in [2.24, 2.45) is 7.05 Å². The van der Waals surface area contributed by atoms with Gasteiger partial charge in [0, 0.05) is 19.7 Å². The summed E-state index contributed by atoms with van der Waals surface area (Å²) in [7, 11) is 1.94. The van der Waals surface area contributed by atoms with Crippen LogP contribution in [0.25, 0.3) is 10.2 Å². The first kappa shape index (κ1) is 17.5. The van der Waals surface area contributed by atoms with E-state index in [-0.39, 0.29) is 6.04 Å². The molecule has 0 saturated heterocycles. The number of rotatable bonds is 5. The maximum atomic E-state index is 13.0. The fraction of sp³-hybridized carbons (Fsp3) is 0.278. The van der Waals surface area contributed by atoms with Crippen molar-refractivity contribution in [2.75, 3.05) is 5.32 Å². The van der Waals surface area contributed by atoms with Crippen molar-refractivity contribution < 1.29 is 4.39 Å². The van der Waals surface area contributed by atoms with Crippen LogP contribution < -0.4 is 5.32 Å². The predicted octanol–water partition coefficient (Wildman–Crippen LogP) is 3.43. The van der Waals surface area contributed by atoms with E-state index in [1.807, 2.05) is 31.7 Å². The van der Waals surface area contributed by atoms with Gasteiger partial charge in [-0.15, -0.1) is 11.3 Å². The molecule has 0 aromatic carbocycles. The zero-order chi connectivity index (χ0) is 19.0. The third-order valence-corrected chi connectivity index (χ3v) is 5.28. The Morgan fingerprint density at radius 2 is 2.00 bits per heavy atom. The van der Waals surface area contributed by atoms with E-state index in [1.54, 1.807) is 17.7 Å². The second-order valence-corrected chi connectivity index (χ2v) is 7.30. The van der Waals surface area contributed by atoms with Gasteiger partial charge in [-0.25, -0.2) is 29.3 Å². The minimum absolute atomic E-state index is 0.260. The van der Waals surface area contributed by atoms with Crippen LogP contribution in [0.4, 0.5) is 10.3 Å². The molecule has 4 aromatic heterocycles. The Labute approximate surface area is 159 Å². The first-order chi connectivity index (χ1) is 13.0. The Balaban J connectivity index is 1.68. The number of hydrogen-bond acceptors (Lipinski definition) is 7. The fourth-order valence-electron chi connectivity index (χ4n) is 2.81. The highest BCUT2D eigenvalue weighted by Crippen LogP contribution is 2.29. The lowest BCUT2D eigenvalue weighted by atomic mass is 10.2. The quantitative estimate of drug-likeness (QED) is 0.569. The maximum Gasteiger partial charge on any atom is 0.224 e. The van der Waals surface area contributed by atoms with Gasteiger partial charge in [0.1, 0.15) is 5.82 Å². The summed E-state index contributed by atoms with van der Waals surface area (Å²) >= 11 is 1.64. The largest absolute Gasteiger partial charge is 0.344 e. The molecule has 0 unspecified atom stereocenters. The van der Waals surface area contributed by atoms with E-state index in [9.17, 15) is 4.39 Å². The van der Waals surface area contributed by atoms with Crippen LogP contribution in [-0.2, 0) is 13.5 Å². The van der Waals surface area contributed by atoms with E-state index < -0.39 is 5.82 Å². The average molecular weight is 383 g/mol. The fourth-order valence-corrected chi connectivity index (χ4v) is 3.79. The lowest BCUT2D eigenvalue weighted by Crippen LogP contribution is -2.13. The van der Waals surface area contributed by atoms with Gasteiger partial charge in [0.2, 0.25) is 5.95 Å². The highest BCUT2D eigenvalue weighted by atomic mass is 32.1. The molecule has 1 atom stereocenters. The zero-order valence-corrected chi connectivity index (χ0v) is 16.0. The molecule has 0 spiro atoms. The van der Waals surface area contributed by atoms with Crippen molar-refractivity contribution in [1.29, 1.82) is 0 Å². The van der Waals surface area contributed by atoms with E-state index >= 15 is 0 Å². The van der Waals surface area contributed by atoms with Crippen molar-refractivity contribution in [2.45, 2.75) is 26.3 Å². The Hall–Kier alpha value is -2.94. The van der Waals surface area contributed by atoms with Crippen LogP contribution >= 0.6 is 11.3 Å². The average Bonchev–Trinajstić information content (AvgIpc) is 3.22. The van der Waals surface area contributed by atoms with Gasteiger partial charge in [0.25, 0.3) is 0 Å². The third-order valence-electron chi connectivity index (χ3n) is 4.14. The molecule has 0 bridgehead atoms. The Kier molecular flexibility index (Phi) is 4.53. The number of anilines is 1.